The molecule has 1 atom stereocenters. The summed E-state index contributed by atoms with van der Waals surface area (Å²) in [6.07, 6.45) is 6.07. The van der Waals surface area contributed by atoms with E-state index in [1.54, 1.807) is 29.4 Å². The number of aryl methyl sites for hydroxylation is 1. The Morgan fingerprint density at radius 2 is 2.19 bits per heavy atom. The number of carbonyl (C=O) groups excluding carboxylic acids is 1. The molecule has 3 aromatic rings. The molecular weight excluding hydrogens is 396 g/mol. The second-order valence-corrected chi connectivity index (χ2v) is 7.67. The van der Waals surface area contributed by atoms with Gasteiger partial charge in [-0.05, 0) is 48.6 Å². The van der Waals surface area contributed by atoms with Gasteiger partial charge in [0, 0.05) is 43.0 Å². The first-order valence-electron chi connectivity index (χ1n) is 10.6. The van der Waals surface area contributed by atoms with Gasteiger partial charge < -0.3 is 18.8 Å². The van der Waals surface area contributed by atoms with Crippen LogP contribution in [-0.2, 0) is 22.6 Å². The Morgan fingerprint density at radius 1 is 1.29 bits per heavy atom. The summed E-state index contributed by atoms with van der Waals surface area (Å²) in [7, 11) is 0. The quantitative estimate of drug-likeness (QED) is 0.543. The summed E-state index contributed by atoms with van der Waals surface area (Å²) in [5, 5.41) is 0.880. The van der Waals surface area contributed by atoms with Crippen molar-refractivity contribution in [2.24, 2.45) is 0 Å². The van der Waals surface area contributed by atoms with E-state index in [1.807, 2.05) is 25.1 Å². The average molecular weight is 422 g/mol. The number of hydrogen-bond acceptors (Lipinski definition) is 6. The van der Waals surface area contributed by atoms with Gasteiger partial charge in [-0.15, -0.1) is 0 Å². The summed E-state index contributed by atoms with van der Waals surface area (Å²) in [4.78, 5) is 30.3. The van der Waals surface area contributed by atoms with Crippen LogP contribution in [0.25, 0.3) is 11.0 Å². The number of likely N-dealkylation sites (tertiary alicyclic amines) is 1. The van der Waals surface area contributed by atoms with Gasteiger partial charge >= 0.3 is 5.63 Å². The number of rotatable bonds is 7. The molecule has 162 valence electrons. The number of hydrogen-bond donors (Lipinski definition) is 0. The fraction of sp³-hybridized carbons (Fsp3) is 0.375. The molecule has 0 bridgehead atoms. The third-order valence-electron chi connectivity index (χ3n) is 5.48. The first-order chi connectivity index (χ1) is 15.1. The largest absolute Gasteiger partial charge is 0.484 e. The van der Waals surface area contributed by atoms with E-state index in [0.29, 0.717) is 31.0 Å². The fourth-order valence-electron chi connectivity index (χ4n) is 3.83. The highest BCUT2D eigenvalue weighted by Crippen LogP contribution is 2.23. The van der Waals surface area contributed by atoms with Gasteiger partial charge in [-0.1, -0.05) is 13.0 Å². The van der Waals surface area contributed by atoms with E-state index in [1.165, 1.54) is 6.07 Å². The summed E-state index contributed by atoms with van der Waals surface area (Å²) in [6, 6.07) is 10.7. The maximum atomic E-state index is 12.7. The molecule has 1 aliphatic heterocycles. The highest BCUT2D eigenvalue weighted by atomic mass is 16.5. The number of fused-ring (bicyclic) bond motifs is 1. The molecule has 0 spiro atoms. The van der Waals surface area contributed by atoms with E-state index in [-0.39, 0.29) is 24.2 Å². The van der Waals surface area contributed by atoms with Crippen molar-refractivity contribution in [3.8, 4) is 5.75 Å². The molecule has 31 heavy (non-hydrogen) atoms. The predicted octanol–water partition coefficient (Wildman–Crippen LogP) is 3.34. The first-order valence-corrected chi connectivity index (χ1v) is 10.6. The molecule has 1 fully saturated rings. The van der Waals surface area contributed by atoms with Crippen molar-refractivity contribution in [2.45, 2.75) is 38.9 Å². The zero-order valence-corrected chi connectivity index (χ0v) is 17.6. The predicted molar refractivity (Wildman–Crippen MR) is 116 cm³/mol. The molecule has 0 saturated carbocycles. The van der Waals surface area contributed by atoms with Crippen LogP contribution in [0.15, 0.2) is 58.0 Å². The molecule has 1 aliphatic rings. The molecular formula is C24H26N2O5. The van der Waals surface area contributed by atoms with Crippen LogP contribution in [-0.4, -0.2) is 41.6 Å². The van der Waals surface area contributed by atoms with Crippen molar-refractivity contribution in [2.75, 3.05) is 19.7 Å². The van der Waals surface area contributed by atoms with Crippen molar-refractivity contribution in [1.29, 1.82) is 0 Å². The monoisotopic (exact) mass is 422 g/mol. The second kappa shape index (κ2) is 9.75. The minimum absolute atomic E-state index is 0.000292. The van der Waals surface area contributed by atoms with Crippen molar-refractivity contribution in [3.63, 3.8) is 0 Å². The van der Waals surface area contributed by atoms with E-state index < -0.39 is 0 Å². The van der Waals surface area contributed by atoms with Gasteiger partial charge in [0.2, 0.25) is 0 Å². The van der Waals surface area contributed by atoms with E-state index in [2.05, 4.69) is 4.98 Å². The molecule has 0 aliphatic carbocycles. The lowest BCUT2D eigenvalue weighted by Gasteiger charge is -2.32. The molecule has 4 rings (SSSR count). The number of ether oxygens (including phenoxy) is 2. The van der Waals surface area contributed by atoms with E-state index >= 15 is 0 Å². The van der Waals surface area contributed by atoms with Crippen molar-refractivity contribution >= 4 is 16.9 Å². The standard InChI is InChI=1S/C24H26N2O5/c1-2-18-11-24(28)31-22-12-19(7-8-21(18)22)30-16-23(27)26-10-4-6-20(14-26)29-15-17-5-3-9-25-13-17/h3,5,7-9,11-13,20H,2,4,6,10,14-16H2,1H3. The number of piperidine rings is 1. The Labute approximate surface area is 180 Å². The smallest absolute Gasteiger partial charge is 0.336 e. The number of benzene rings is 1. The minimum Gasteiger partial charge on any atom is -0.484 e. The molecule has 1 unspecified atom stereocenters. The Kier molecular flexibility index (Phi) is 6.62. The van der Waals surface area contributed by atoms with Gasteiger partial charge in [0.05, 0.1) is 12.7 Å². The molecule has 3 heterocycles. The molecule has 0 N–H and O–H groups in total. The summed E-state index contributed by atoms with van der Waals surface area (Å²) in [5.74, 6) is 0.414. The summed E-state index contributed by atoms with van der Waals surface area (Å²) < 4.78 is 17.0. The van der Waals surface area contributed by atoms with Crippen LogP contribution in [0.3, 0.4) is 0 Å². The van der Waals surface area contributed by atoms with Gasteiger partial charge in [-0.3, -0.25) is 9.78 Å². The molecule has 1 amide bonds. The van der Waals surface area contributed by atoms with Crippen LogP contribution in [0, 0.1) is 0 Å². The van der Waals surface area contributed by atoms with Gasteiger partial charge in [-0.2, -0.15) is 0 Å². The maximum Gasteiger partial charge on any atom is 0.336 e. The van der Waals surface area contributed by atoms with Crippen molar-refractivity contribution < 1.29 is 18.7 Å². The average Bonchev–Trinajstić information content (AvgIpc) is 2.81. The van der Waals surface area contributed by atoms with Crippen LogP contribution in [0.1, 0.15) is 30.9 Å². The van der Waals surface area contributed by atoms with E-state index in [9.17, 15) is 9.59 Å². The summed E-state index contributed by atoms with van der Waals surface area (Å²) >= 11 is 0. The van der Waals surface area contributed by atoms with E-state index in [0.717, 1.165) is 35.8 Å². The Balaban J connectivity index is 1.33. The van der Waals surface area contributed by atoms with Crippen molar-refractivity contribution in [1.82, 2.24) is 9.88 Å². The Bertz CT molecular complexity index is 1100. The second-order valence-electron chi connectivity index (χ2n) is 7.67. The van der Waals surface area contributed by atoms with Crippen LogP contribution in [0.4, 0.5) is 0 Å². The topological polar surface area (TPSA) is 81.9 Å². The SMILES string of the molecule is CCc1cc(=O)oc2cc(OCC(=O)N3CCCC(OCc4cccnc4)C3)ccc12. The van der Waals surface area contributed by atoms with Gasteiger partial charge in [0.25, 0.3) is 5.91 Å². The molecule has 7 nitrogen and oxygen atoms in total. The van der Waals surface area contributed by atoms with Gasteiger partial charge in [-0.25, -0.2) is 4.79 Å². The zero-order chi connectivity index (χ0) is 21.6. The number of nitrogens with zero attached hydrogens (tertiary/aromatic N) is 2. The number of pyridine rings is 1. The lowest BCUT2D eigenvalue weighted by atomic mass is 10.1. The summed E-state index contributed by atoms with van der Waals surface area (Å²) in [6.45, 7) is 3.65. The first kappa shape index (κ1) is 21.1. The minimum atomic E-state index is -0.386. The Hall–Kier alpha value is -3.19. The van der Waals surface area contributed by atoms with Crippen molar-refractivity contribution in [3.05, 3.63) is 70.3 Å². The third-order valence-corrected chi connectivity index (χ3v) is 5.48. The lowest BCUT2D eigenvalue weighted by molar-refractivity contribution is -0.137. The highest BCUT2D eigenvalue weighted by molar-refractivity contribution is 5.82. The van der Waals surface area contributed by atoms with Gasteiger partial charge in [0.1, 0.15) is 11.3 Å². The molecule has 0 radical (unpaired) electrons. The lowest BCUT2D eigenvalue weighted by Crippen LogP contribution is -2.45. The number of amides is 1. The number of carbonyl (C=O) groups is 1. The summed E-state index contributed by atoms with van der Waals surface area (Å²) in [5.41, 5.74) is 2.03. The highest BCUT2D eigenvalue weighted by Gasteiger charge is 2.24. The van der Waals surface area contributed by atoms with Gasteiger partial charge in [0.15, 0.2) is 6.61 Å². The van der Waals surface area contributed by atoms with Crippen LogP contribution >= 0.6 is 0 Å². The number of aromatic nitrogens is 1. The fourth-order valence-corrected chi connectivity index (χ4v) is 3.83. The normalized spacial score (nSPS) is 16.4. The van der Waals surface area contributed by atoms with Crippen LogP contribution in [0.2, 0.25) is 0 Å². The molecule has 1 saturated heterocycles. The van der Waals surface area contributed by atoms with E-state index in [4.69, 9.17) is 13.9 Å². The maximum absolute atomic E-state index is 12.7. The van der Waals surface area contributed by atoms with Crippen LogP contribution in [0.5, 0.6) is 5.75 Å². The zero-order valence-electron chi connectivity index (χ0n) is 17.6. The Morgan fingerprint density at radius 3 is 3.00 bits per heavy atom. The van der Waals surface area contributed by atoms with Crippen LogP contribution < -0.4 is 10.4 Å². The third kappa shape index (κ3) is 5.30. The molecule has 1 aromatic carbocycles. The molecule has 7 heteroatoms. The molecule has 2 aromatic heterocycles.